The molecule has 0 fully saturated rings. The molecule has 1 aliphatic carbocycles. The Labute approximate surface area is 149 Å². The summed E-state index contributed by atoms with van der Waals surface area (Å²) < 4.78 is 1.05. The third-order valence-electron chi connectivity index (χ3n) is 4.12. The summed E-state index contributed by atoms with van der Waals surface area (Å²) in [5.41, 5.74) is 6.92. The Balaban J connectivity index is 3.08. The van der Waals surface area contributed by atoms with Gasteiger partial charge in [-0.05, 0) is 63.5 Å². The van der Waals surface area contributed by atoms with Crippen molar-refractivity contribution in [3.8, 4) is 11.5 Å². The van der Waals surface area contributed by atoms with Gasteiger partial charge >= 0.3 is 0 Å². The molecule has 21 heavy (non-hydrogen) atoms. The standard InChI is InChI=1S/C18H28Br2Si/c1-14(2)15-9-12-18(3,11-7-8-17(19)20)16(15)10-13-21(4,5)6/h8,14H,7,9,11-12H2,1-6H3/t18-/m1/s1. The molecule has 118 valence electrons. The fourth-order valence-electron chi connectivity index (χ4n) is 2.86. The Hall–Kier alpha value is 0.217. The lowest BCUT2D eigenvalue weighted by Crippen LogP contribution is -2.19. The lowest BCUT2D eigenvalue weighted by Gasteiger charge is -2.25. The normalized spacial score (nSPS) is 22.3. The van der Waals surface area contributed by atoms with Crippen LogP contribution in [0, 0.1) is 22.8 Å². The van der Waals surface area contributed by atoms with E-state index in [0.717, 1.165) is 9.81 Å². The Morgan fingerprint density at radius 1 is 1.33 bits per heavy atom. The third-order valence-corrected chi connectivity index (χ3v) is 5.65. The minimum absolute atomic E-state index is 0.262. The van der Waals surface area contributed by atoms with Gasteiger partial charge in [0.2, 0.25) is 0 Å². The quantitative estimate of drug-likeness (QED) is 0.331. The molecule has 0 radical (unpaired) electrons. The second kappa shape index (κ2) is 7.66. The average molecular weight is 432 g/mol. The van der Waals surface area contributed by atoms with Gasteiger partial charge in [0.15, 0.2) is 0 Å². The van der Waals surface area contributed by atoms with Crippen LogP contribution < -0.4 is 0 Å². The van der Waals surface area contributed by atoms with E-state index in [2.05, 4.69) is 89.8 Å². The van der Waals surface area contributed by atoms with Crippen molar-refractivity contribution in [1.82, 2.24) is 0 Å². The van der Waals surface area contributed by atoms with E-state index in [1.54, 1.807) is 5.57 Å². The molecule has 0 amide bonds. The monoisotopic (exact) mass is 430 g/mol. The van der Waals surface area contributed by atoms with Gasteiger partial charge in [-0.25, -0.2) is 0 Å². The Morgan fingerprint density at radius 2 is 1.95 bits per heavy atom. The van der Waals surface area contributed by atoms with Gasteiger partial charge in [0, 0.05) is 11.0 Å². The molecule has 0 saturated carbocycles. The van der Waals surface area contributed by atoms with Gasteiger partial charge in [-0.2, -0.15) is 0 Å². The highest BCUT2D eigenvalue weighted by Gasteiger charge is 2.36. The van der Waals surface area contributed by atoms with E-state index in [-0.39, 0.29) is 5.41 Å². The van der Waals surface area contributed by atoms with Crippen molar-refractivity contribution in [1.29, 1.82) is 0 Å². The molecule has 0 aromatic rings. The summed E-state index contributed by atoms with van der Waals surface area (Å²) in [5.74, 6) is 4.25. The van der Waals surface area contributed by atoms with Crippen molar-refractivity contribution in [3.63, 3.8) is 0 Å². The van der Waals surface area contributed by atoms with Crippen LogP contribution in [0.5, 0.6) is 0 Å². The zero-order valence-electron chi connectivity index (χ0n) is 14.2. The topological polar surface area (TPSA) is 0 Å². The first kappa shape index (κ1) is 19.3. The van der Waals surface area contributed by atoms with Crippen LogP contribution in [0.25, 0.3) is 0 Å². The van der Waals surface area contributed by atoms with Crippen LogP contribution in [0.3, 0.4) is 0 Å². The largest absolute Gasteiger partial charge is 0.129 e. The predicted molar refractivity (Wildman–Crippen MR) is 105 cm³/mol. The molecule has 0 nitrogen and oxygen atoms in total. The van der Waals surface area contributed by atoms with Crippen molar-refractivity contribution >= 4 is 39.9 Å². The minimum Gasteiger partial charge on any atom is -0.127 e. The van der Waals surface area contributed by atoms with E-state index in [1.807, 2.05) is 0 Å². The van der Waals surface area contributed by atoms with Gasteiger partial charge in [-0.3, -0.25) is 0 Å². The molecule has 1 atom stereocenters. The molecule has 0 N–H and O–H groups in total. The Kier molecular flexibility index (Phi) is 7.03. The second-order valence-corrected chi connectivity index (χ2v) is 15.2. The van der Waals surface area contributed by atoms with Crippen molar-refractivity contribution in [2.24, 2.45) is 11.3 Å². The van der Waals surface area contributed by atoms with E-state index in [1.165, 1.54) is 24.8 Å². The number of hydrogen-bond acceptors (Lipinski definition) is 0. The SMILES string of the molecule is CC(C)C1=C(C#C[Si](C)(C)C)[C@](C)(CCC=C(Br)Br)CC1. The van der Waals surface area contributed by atoms with Crippen LogP contribution in [0.15, 0.2) is 20.6 Å². The zero-order valence-corrected chi connectivity index (χ0v) is 18.4. The molecule has 0 aromatic heterocycles. The van der Waals surface area contributed by atoms with Gasteiger partial charge in [0.25, 0.3) is 0 Å². The van der Waals surface area contributed by atoms with Gasteiger partial charge in [0.1, 0.15) is 8.07 Å². The van der Waals surface area contributed by atoms with Gasteiger partial charge in [-0.1, -0.05) is 58.0 Å². The lowest BCUT2D eigenvalue weighted by atomic mass is 9.78. The first-order valence-corrected chi connectivity index (χ1v) is 12.9. The van der Waals surface area contributed by atoms with E-state index >= 15 is 0 Å². The number of rotatable bonds is 4. The van der Waals surface area contributed by atoms with Crippen molar-refractivity contribution < 1.29 is 0 Å². The van der Waals surface area contributed by atoms with Crippen LogP contribution in [0.1, 0.15) is 46.5 Å². The van der Waals surface area contributed by atoms with E-state index in [4.69, 9.17) is 0 Å². The molecule has 0 spiro atoms. The number of allylic oxidation sites excluding steroid dienone is 3. The minimum atomic E-state index is -1.32. The summed E-state index contributed by atoms with van der Waals surface area (Å²) in [6.07, 6.45) is 6.96. The lowest BCUT2D eigenvalue weighted by molar-refractivity contribution is 0.374. The summed E-state index contributed by atoms with van der Waals surface area (Å²) >= 11 is 6.90. The van der Waals surface area contributed by atoms with E-state index < -0.39 is 8.07 Å². The molecule has 0 unspecified atom stereocenters. The molecule has 1 rings (SSSR count). The number of halogens is 2. The molecule has 0 saturated heterocycles. The van der Waals surface area contributed by atoms with Crippen LogP contribution in [-0.4, -0.2) is 8.07 Å². The molecule has 3 heteroatoms. The Bertz CT molecular complexity index is 494. The molecule has 0 aromatic carbocycles. The summed E-state index contributed by atoms with van der Waals surface area (Å²) in [5, 5.41) is 0. The molecular weight excluding hydrogens is 404 g/mol. The highest BCUT2D eigenvalue weighted by atomic mass is 79.9. The van der Waals surface area contributed by atoms with E-state index in [9.17, 15) is 0 Å². The molecule has 0 bridgehead atoms. The van der Waals surface area contributed by atoms with Crippen LogP contribution in [0.4, 0.5) is 0 Å². The Morgan fingerprint density at radius 3 is 2.43 bits per heavy atom. The van der Waals surface area contributed by atoms with Crippen molar-refractivity contribution in [2.45, 2.75) is 66.1 Å². The summed E-state index contributed by atoms with van der Waals surface area (Å²) in [4.78, 5) is 0. The van der Waals surface area contributed by atoms with Crippen molar-refractivity contribution in [3.05, 3.63) is 20.6 Å². The first-order chi connectivity index (χ1) is 9.55. The predicted octanol–water partition coefficient (Wildman–Crippen LogP) is 7.03. The molecular formula is C18H28Br2Si. The fraction of sp³-hybridized carbons (Fsp3) is 0.667. The maximum Gasteiger partial charge on any atom is 0.129 e. The summed E-state index contributed by atoms with van der Waals surface area (Å²) in [6, 6.07) is 0. The molecule has 0 aliphatic heterocycles. The first-order valence-electron chi connectivity index (χ1n) is 7.83. The molecule has 0 heterocycles. The smallest absolute Gasteiger partial charge is 0.127 e. The third kappa shape index (κ3) is 6.08. The highest BCUT2D eigenvalue weighted by molar-refractivity contribution is 9.28. The van der Waals surface area contributed by atoms with Gasteiger partial charge in [-0.15, -0.1) is 5.54 Å². The van der Waals surface area contributed by atoms with E-state index in [0.29, 0.717) is 5.92 Å². The summed E-state index contributed by atoms with van der Waals surface area (Å²) in [6.45, 7) is 14.0. The van der Waals surface area contributed by atoms with Gasteiger partial charge in [0.05, 0.1) is 3.39 Å². The second-order valence-electron chi connectivity index (χ2n) is 7.65. The van der Waals surface area contributed by atoms with Crippen LogP contribution in [-0.2, 0) is 0 Å². The zero-order chi connectivity index (χ0) is 16.3. The summed E-state index contributed by atoms with van der Waals surface area (Å²) in [7, 11) is -1.32. The van der Waals surface area contributed by atoms with Gasteiger partial charge < -0.3 is 0 Å². The number of hydrogen-bond donors (Lipinski definition) is 0. The van der Waals surface area contributed by atoms with Crippen molar-refractivity contribution in [2.75, 3.05) is 0 Å². The maximum atomic E-state index is 3.63. The maximum absolute atomic E-state index is 3.63. The average Bonchev–Trinajstić information content (AvgIpc) is 2.62. The molecule has 1 aliphatic rings. The fourth-order valence-corrected chi connectivity index (χ4v) is 3.81. The van der Waals surface area contributed by atoms with Crippen LogP contribution in [0.2, 0.25) is 19.6 Å². The van der Waals surface area contributed by atoms with Crippen LogP contribution >= 0.6 is 31.9 Å². The highest BCUT2D eigenvalue weighted by Crippen LogP contribution is 2.48.